The summed E-state index contributed by atoms with van der Waals surface area (Å²) in [4.78, 5) is 0. The minimum Gasteiger partial charge on any atom is -0.325 e. The van der Waals surface area contributed by atoms with E-state index in [4.69, 9.17) is 5.73 Å². The lowest BCUT2D eigenvalue weighted by molar-refractivity contribution is 0.367. The molecule has 2 aliphatic rings. The number of hydrogen-bond acceptors (Lipinski definition) is 2. The quantitative estimate of drug-likeness (QED) is 0.653. The highest BCUT2D eigenvalue weighted by molar-refractivity contribution is 4.95. The monoisotopic (exact) mass is 224 g/mol. The summed E-state index contributed by atoms with van der Waals surface area (Å²) >= 11 is 0. The molecular weight excluding hydrogens is 196 g/mol. The fourth-order valence-electron chi connectivity index (χ4n) is 3.24. The van der Waals surface area contributed by atoms with Crippen LogP contribution in [0.1, 0.15) is 64.7 Å². The Balaban J connectivity index is 1.58. The van der Waals surface area contributed by atoms with Gasteiger partial charge in [-0.25, -0.2) is 0 Å². The molecule has 0 heterocycles. The molecule has 2 fully saturated rings. The van der Waals surface area contributed by atoms with Crippen LogP contribution in [0.25, 0.3) is 0 Å². The van der Waals surface area contributed by atoms with Crippen molar-refractivity contribution in [3.05, 3.63) is 0 Å². The summed E-state index contributed by atoms with van der Waals surface area (Å²) in [6, 6.07) is 0. The Morgan fingerprint density at radius 3 is 2.31 bits per heavy atom. The first kappa shape index (κ1) is 12.4. The molecule has 16 heavy (non-hydrogen) atoms. The van der Waals surface area contributed by atoms with Crippen LogP contribution in [-0.4, -0.2) is 18.6 Å². The standard InChI is InChI=1S/C14H28N2/c1-2-5-13(8-9-13)12-16-11-10-14(15)6-3-4-7-14/h16H,2-12,15H2,1H3. The van der Waals surface area contributed by atoms with E-state index < -0.39 is 0 Å². The predicted octanol–water partition coefficient (Wildman–Crippen LogP) is 2.82. The van der Waals surface area contributed by atoms with Gasteiger partial charge in [-0.05, 0) is 50.5 Å². The van der Waals surface area contributed by atoms with Crippen LogP contribution in [0.2, 0.25) is 0 Å². The zero-order chi connectivity index (χ0) is 11.5. The summed E-state index contributed by atoms with van der Waals surface area (Å²) in [5.74, 6) is 0. The third-order valence-electron chi connectivity index (χ3n) is 4.64. The van der Waals surface area contributed by atoms with E-state index in [0.717, 1.165) is 6.54 Å². The number of rotatable bonds is 7. The second kappa shape index (κ2) is 5.05. The molecule has 3 N–H and O–H groups in total. The van der Waals surface area contributed by atoms with E-state index in [1.165, 1.54) is 64.3 Å². The Bertz CT molecular complexity index is 215. The molecule has 0 unspecified atom stereocenters. The molecule has 0 aromatic rings. The second-order valence-electron chi connectivity index (χ2n) is 6.25. The molecule has 2 rings (SSSR count). The van der Waals surface area contributed by atoms with E-state index in [2.05, 4.69) is 12.2 Å². The van der Waals surface area contributed by atoms with Gasteiger partial charge in [0.1, 0.15) is 0 Å². The van der Waals surface area contributed by atoms with Gasteiger partial charge in [-0.1, -0.05) is 26.2 Å². The first-order valence-corrected chi connectivity index (χ1v) is 7.18. The van der Waals surface area contributed by atoms with Gasteiger partial charge in [-0.2, -0.15) is 0 Å². The van der Waals surface area contributed by atoms with Crippen LogP contribution in [-0.2, 0) is 0 Å². The van der Waals surface area contributed by atoms with E-state index in [-0.39, 0.29) is 5.54 Å². The second-order valence-corrected chi connectivity index (χ2v) is 6.25. The van der Waals surface area contributed by atoms with Crippen molar-refractivity contribution in [3.63, 3.8) is 0 Å². The molecule has 94 valence electrons. The molecule has 2 aliphatic carbocycles. The highest BCUT2D eigenvalue weighted by atomic mass is 14.9. The summed E-state index contributed by atoms with van der Waals surface area (Å²) < 4.78 is 0. The highest BCUT2D eigenvalue weighted by Gasteiger charge is 2.40. The molecule has 0 aliphatic heterocycles. The summed E-state index contributed by atoms with van der Waals surface area (Å²) in [5, 5.41) is 3.65. The molecular formula is C14H28N2. The fraction of sp³-hybridized carbons (Fsp3) is 1.00. The molecule has 2 nitrogen and oxygen atoms in total. The van der Waals surface area contributed by atoms with Crippen molar-refractivity contribution in [2.45, 2.75) is 70.3 Å². The van der Waals surface area contributed by atoms with E-state index >= 15 is 0 Å². The van der Waals surface area contributed by atoms with Gasteiger partial charge in [0, 0.05) is 12.1 Å². The fourth-order valence-corrected chi connectivity index (χ4v) is 3.24. The van der Waals surface area contributed by atoms with E-state index in [9.17, 15) is 0 Å². The van der Waals surface area contributed by atoms with Crippen molar-refractivity contribution < 1.29 is 0 Å². The van der Waals surface area contributed by atoms with Crippen LogP contribution in [0.15, 0.2) is 0 Å². The molecule has 0 atom stereocenters. The average Bonchev–Trinajstić information content (AvgIpc) is 2.89. The van der Waals surface area contributed by atoms with E-state index in [1.807, 2.05) is 0 Å². The summed E-state index contributed by atoms with van der Waals surface area (Å²) in [6.07, 6.45) is 12.0. The Labute approximate surface area is 100 Å². The summed E-state index contributed by atoms with van der Waals surface area (Å²) in [5.41, 5.74) is 7.20. The van der Waals surface area contributed by atoms with Crippen LogP contribution in [0, 0.1) is 5.41 Å². The van der Waals surface area contributed by atoms with Crippen LogP contribution in [0.4, 0.5) is 0 Å². The van der Waals surface area contributed by atoms with Gasteiger partial charge in [0.2, 0.25) is 0 Å². The number of nitrogens with two attached hydrogens (primary N) is 1. The minimum absolute atomic E-state index is 0.175. The smallest absolute Gasteiger partial charge is 0.0166 e. The topological polar surface area (TPSA) is 38.0 Å². The first-order chi connectivity index (χ1) is 7.68. The number of nitrogens with one attached hydrogen (secondary N) is 1. The van der Waals surface area contributed by atoms with Crippen LogP contribution < -0.4 is 11.1 Å². The molecule has 2 heteroatoms. The summed E-state index contributed by atoms with van der Waals surface area (Å²) in [6.45, 7) is 4.66. The Kier molecular flexibility index (Phi) is 3.91. The van der Waals surface area contributed by atoms with Gasteiger partial charge >= 0.3 is 0 Å². The lowest BCUT2D eigenvalue weighted by atomic mass is 9.94. The predicted molar refractivity (Wildman–Crippen MR) is 69.4 cm³/mol. The van der Waals surface area contributed by atoms with Crippen molar-refractivity contribution in [2.24, 2.45) is 11.1 Å². The average molecular weight is 224 g/mol. The third-order valence-corrected chi connectivity index (χ3v) is 4.64. The van der Waals surface area contributed by atoms with Gasteiger partial charge in [0.15, 0.2) is 0 Å². The van der Waals surface area contributed by atoms with E-state index in [0.29, 0.717) is 5.41 Å². The van der Waals surface area contributed by atoms with Crippen LogP contribution in [0.3, 0.4) is 0 Å². The Morgan fingerprint density at radius 1 is 1.06 bits per heavy atom. The lowest BCUT2D eigenvalue weighted by Crippen LogP contribution is -2.40. The van der Waals surface area contributed by atoms with Crippen LogP contribution >= 0.6 is 0 Å². The maximum absolute atomic E-state index is 6.34. The van der Waals surface area contributed by atoms with Crippen molar-refractivity contribution in [1.29, 1.82) is 0 Å². The molecule has 0 saturated heterocycles. The zero-order valence-electron chi connectivity index (χ0n) is 10.9. The zero-order valence-corrected chi connectivity index (χ0v) is 10.9. The molecule has 0 amide bonds. The van der Waals surface area contributed by atoms with Crippen molar-refractivity contribution in [2.75, 3.05) is 13.1 Å². The largest absolute Gasteiger partial charge is 0.325 e. The van der Waals surface area contributed by atoms with Crippen molar-refractivity contribution in [1.82, 2.24) is 5.32 Å². The van der Waals surface area contributed by atoms with Crippen molar-refractivity contribution in [3.8, 4) is 0 Å². The minimum atomic E-state index is 0.175. The SMILES string of the molecule is CCCC1(CNCCC2(N)CCCC2)CC1. The van der Waals surface area contributed by atoms with Gasteiger partial charge in [0.05, 0.1) is 0 Å². The lowest BCUT2D eigenvalue weighted by Gasteiger charge is -2.24. The molecule has 0 radical (unpaired) electrons. The maximum atomic E-state index is 6.34. The van der Waals surface area contributed by atoms with Gasteiger partial charge in [-0.15, -0.1) is 0 Å². The van der Waals surface area contributed by atoms with Gasteiger partial charge < -0.3 is 11.1 Å². The molecule has 0 bridgehead atoms. The maximum Gasteiger partial charge on any atom is 0.0166 e. The molecule has 0 spiro atoms. The number of hydrogen-bond donors (Lipinski definition) is 2. The van der Waals surface area contributed by atoms with Crippen molar-refractivity contribution >= 4 is 0 Å². The molecule has 0 aromatic heterocycles. The molecule has 2 saturated carbocycles. The van der Waals surface area contributed by atoms with Gasteiger partial charge in [-0.3, -0.25) is 0 Å². The normalized spacial score (nSPS) is 25.9. The third kappa shape index (κ3) is 3.21. The Morgan fingerprint density at radius 2 is 1.75 bits per heavy atom. The van der Waals surface area contributed by atoms with E-state index in [1.54, 1.807) is 0 Å². The molecule has 0 aromatic carbocycles. The Hall–Kier alpha value is -0.0800. The first-order valence-electron chi connectivity index (χ1n) is 7.18. The summed E-state index contributed by atoms with van der Waals surface area (Å²) in [7, 11) is 0. The van der Waals surface area contributed by atoms with Gasteiger partial charge in [0.25, 0.3) is 0 Å². The highest BCUT2D eigenvalue weighted by Crippen LogP contribution is 2.48. The van der Waals surface area contributed by atoms with Crippen LogP contribution in [0.5, 0.6) is 0 Å².